The van der Waals surface area contributed by atoms with E-state index in [2.05, 4.69) is 5.32 Å². The zero-order valence-electron chi connectivity index (χ0n) is 14.0. The van der Waals surface area contributed by atoms with Crippen LogP contribution in [0.3, 0.4) is 0 Å². The number of carbonyl (C=O) groups excluding carboxylic acids is 1. The van der Waals surface area contributed by atoms with E-state index in [1.165, 1.54) is 6.26 Å². The van der Waals surface area contributed by atoms with Gasteiger partial charge in [0.05, 0.1) is 17.9 Å². The number of rotatable bonds is 7. The van der Waals surface area contributed by atoms with Gasteiger partial charge >= 0.3 is 5.97 Å². The van der Waals surface area contributed by atoms with Crippen LogP contribution in [-0.2, 0) is 17.8 Å². The lowest BCUT2D eigenvalue weighted by molar-refractivity contribution is -0.136. The first kappa shape index (κ1) is 17.6. The van der Waals surface area contributed by atoms with Gasteiger partial charge < -0.3 is 19.6 Å². The van der Waals surface area contributed by atoms with Crippen molar-refractivity contribution in [1.82, 2.24) is 5.32 Å². The van der Waals surface area contributed by atoms with Gasteiger partial charge in [0.1, 0.15) is 17.9 Å². The van der Waals surface area contributed by atoms with E-state index >= 15 is 0 Å². The monoisotopic (exact) mass is 331 g/mol. The first-order valence-electron chi connectivity index (χ1n) is 7.69. The van der Waals surface area contributed by atoms with Gasteiger partial charge in [-0.15, -0.1) is 0 Å². The summed E-state index contributed by atoms with van der Waals surface area (Å²) in [5.74, 6) is -0.452. The second-order valence-electron chi connectivity index (χ2n) is 5.78. The minimum Gasteiger partial charge on any atom is -0.491 e. The van der Waals surface area contributed by atoms with Gasteiger partial charge in [-0.1, -0.05) is 12.1 Å². The number of hydrogen-bond acceptors (Lipinski definition) is 4. The summed E-state index contributed by atoms with van der Waals surface area (Å²) < 4.78 is 10.7. The number of furan rings is 1. The van der Waals surface area contributed by atoms with Crippen molar-refractivity contribution in [2.45, 2.75) is 39.8 Å². The summed E-state index contributed by atoms with van der Waals surface area (Å²) >= 11 is 0. The molecule has 1 amide bonds. The molecule has 6 heteroatoms. The van der Waals surface area contributed by atoms with Crippen LogP contribution in [0.15, 0.2) is 34.9 Å². The van der Waals surface area contributed by atoms with Crippen molar-refractivity contribution in [2.24, 2.45) is 0 Å². The van der Waals surface area contributed by atoms with Crippen molar-refractivity contribution in [2.75, 3.05) is 0 Å². The molecule has 0 atom stereocenters. The Morgan fingerprint density at radius 1 is 1.25 bits per heavy atom. The summed E-state index contributed by atoms with van der Waals surface area (Å²) in [6.07, 6.45) is 1.18. The molecule has 0 spiro atoms. The zero-order chi connectivity index (χ0) is 17.7. The highest BCUT2D eigenvalue weighted by atomic mass is 16.5. The average Bonchev–Trinajstić information content (AvgIpc) is 2.85. The Bertz CT molecular complexity index is 716. The number of carboxylic acids is 1. The second kappa shape index (κ2) is 7.68. The van der Waals surface area contributed by atoms with Crippen LogP contribution in [0.25, 0.3) is 0 Å². The molecule has 0 fully saturated rings. The fourth-order valence-electron chi connectivity index (χ4n) is 2.30. The molecule has 0 radical (unpaired) electrons. The smallest absolute Gasteiger partial charge is 0.311 e. The number of carboxylic acid groups (broad SMARTS) is 1. The van der Waals surface area contributed by atoms with Crippen LogP contribution in [-0.4, -0.2) is 23.1 Å². The van der Waals surface area contributed by atoms with E-state index in [0.29, 0.717) is 12.1 Å². The SMILES string of the molecule is Cc1coc(CC(=O)O)c1C(=O)NCc1ccc(OC(C)C)cc1. The van der Waals surface area contributed by atoms with Crippen LogP contribution < -0.4 is 10.1 Å². The number of aryl methyl sites for hydroxylation is 1. The van der Waals surface area contributed by atoms with Crippen molar-refractivity contribution in [3.63, 3.8) is 0 Å². The summed E-state index contributed by atoms with van der Waals surface area (Å²) in [6, 6.07) is 7.44. The van der Waals surface area contributed by atoms with Gasteiger partial charge in [-0.25, -0.2) is 0 Å². The maximum absolute atomic E-state index is 12.3. The number of benzene rings is 1. The molecule has 24 heavy (non-hydrogen) atoms. The van der Waals surface area contributed by atoms with Crippen LogP contribution in [0, 0.1) is 6.92 Å². The molecule has 2 N–H and O–H groups in total. The maximum Gasteiger partial charge on any atom is 0.311 e. The van der Waals surface area contributed by atoms with Crippen molar-refractivity contribution in [1.29, 1.82) is 0 Å². The van der Waals surface area contributed by atoms with E-state index in [9.17, 15) is 9.59 Å². The van der Waals surface area contributed by atoms with Crippen LogP contribution in [0.2, 0.25) is 0 Å². The molecule has 1 aromatic heterocycles. The lowest BCUT2D eigenvalue weighted by atomic mass is 10.1. The standard InChI is InChI=1S/C18H21NO5/c1-11(2)24-14-6-4-13(5-7-14)9-19-18(22)17-12(3)10-23-15(17)8-16(20)21/h4-7,10-11H,8-9H2,1-3H3,(H,19,22)(H,20,21). The number of amides is 1. The van der Waals surface area contributed by atoms with E-state index < -0.39 is 5.97 Å². The Hall–Kier alpha value is -2.76. The molecule has 0 unspecified atom stereocenters. The molecule has 0 aliphatic rings. The first-order chi connectivity index (χ1) is 11.4. The molecule has 0 saturated heterocycles. The largest absolute Gasteiger partial charge is 0.491 e. The third-order valence-electron chi connectivity index (χ3n) is 3.34. The van der Waals surface area contributed by atoms with Crippen molar-refractivity contribution < 1.29 is 23.8 Å². The van der Waals surface area contributed by atoms with Gasteiger partial charge in [-0.3, -0.25) is 9.59 Å². The van der Waals surface area contributed by atoms with Gasteiger partial charge in [0, 0.05) is 12.1 Å². The predicted octanol–water partition coefficient (Wildman–Crippen LogP) is 2.93. The fraction of sp³-hybridized carbons (Fsp3) is 0.333. The zero-order valence-corrected chi connectivity index (χ0v) is 14.0. The lowest BCUT2D eigenvalue weighted by Gasteiger charge is -2.10. The third-order valence-corrected chi connectivity index (χ3v) is 3.34. The van der Waals surface area contributed by atoms with Gasteiger partial charge in [0.15, 0.2) is 0 Å². The molecule has 0 aliphatic heterocycles. The summed E-state index contributed by atoms with van der Waals surface area (Å²) in [5, 5.41) is 11.7. The van der Waals surface area contributed by atoms with E-state index in [1.54, 1.807) is 6.92 Å². The highest BCUT2D eigenvalue weighted by Crippen LogP contribution is 2.18. The Morgan fingerprint density at radius 3 is 2.50 bits per heavy atom. The average molecular weight is 331 g/mol. The van der Waals surface area contributed by atoms with Crippen molar-refractivity contribution >= 4 is 11.9 Å². The molecule has 6 nitrogen and oxygen atoms in total. The third kappa shape index (κ3) is 4.62. The Balaban J connectivity index is 2.00. The molecular formula is C18H21NO5. The van der Waals surface area contributed by atoms with Gasteiger partial charge in [0.25, 0.3) is 5.91 Å². The molecule has 128 valence electrons. The number of hydrogen-bond donors (Lipinski definition) is 2. The molecule has 1 aromatic carbocycles. The van der Waals surface area contributed by atoms with E-state index in [1.807, 2.05) is 38.1 Å². The number of ether oxygens (including phenoxy) is 1. The Labute approximate surface area is 140 Å². The van der Waals surface area contributed by atoms with Crippen LogP contribution >= 0.6 is 0 Å². The molecule has 2 aromatic rings. The minimum absolute atomic E-state index is 0.104. The molecule has 0 saturated carbocycles. The molecule has 1 heterocycles. The van der Waals surface area contributed by atoms with Gasteiger partial charge in [-0.2, -0.15) is 0 Å². The fourth-order valence-corrected chi connectivity index (χ4v) is 2.30. The molecular weight excluding hydrogens is 310 g/mol. The van der Waals surface area contributed by atoms with Crippen LogP contribution in [0.1, 0.15) is 41.1 Å². The quantitative estimate of drug-likeness (QED) is 0.814. The summed E-state index contributed by atoms with van der Waals surface area (Å²) in [4.78, 5) is 23.2. The lowest BCUT2D eigenvalue weighted by Crippen LogP contribution is -2.24. The summed E-state index contributed by atoms with van der Waals surface area (Å²) in [6.45, 7) is 5.95. The highest BCUT2D eigenvalue weighted by Gasteiger charge is 2.20. The maximum atomic E-state index is 12.3. The summed E-state index contributed by atoms with van der Waals surface area (Å²) in [5.41, 5.74) is 1.82. The molecule has 0 bridgehead atoms. The minimum atomic E-state index is -1.04. The van der Waals surface area contributed by atoms with Crippen molar-refractivity contribution in [3.8, 4) is 5.75 Å². The predicted molar refractivity (Wildman–Crippen MR) is 88.2 cm³/mol. The van der Waals surface area contributed by atoms with Crippen LogP contribution in [0.5, 0.6) is 5.75 Å². The van der Waals surface area contributed by atoms with Gasteiger partial charge in [-0.05, 0) is 38.5 Å². The summed E-state index contributed by atoms with van der Waals surface area (Å²) in [7, 11) is 0. The number of aliphatic carboxylic acids is 1. The Morgan fingerprint density at radius 2 is 1.92 bits per heavy atom. The number of nitrogens with one attached hydrogen (secondary N) is 1. The van der Waals surface area contributed by atoms with E-state index in [-0.39, 0.29) is 29.8 Å². The van der Waals surface area contributed by atoms with E-state index in [0.717, 1.165) is 11.3 Å². The number of carbonyl (C=O) groups is 2. The molecule has 0 aliphatic carbocycles. The van der Waals surface area contributed by atoms with Crippen LogP contribution in [0.4, 0.5) is 0 Å². The second-order valence-corrected chi connectivity index (χ2v) is 5.78. The van der Waals surface area contributed by atoms with E-state index in [4.69, 9.17) is 14.3 Å². The topological polar surface area (TPSA) is 88.8 Å². The van der Waals surface area contributed by atoms with Crippen molar-refractivity contribution in [3.05, 3.63) is 53.0 Å². The highest BCUT2D eigenvalue weighted by molar-refractivity contribution is 5.97. The Kier molecular flexibility index (Phi) is 5.63. The first-order valence-corrected chi connectivity index (χ1v) is 7.69. The van der Waals surface area contributed by atoms with Gasteiger partial charge in [0.2, 0.25) is 0 Å². The molecule has 2 rings (SSSR count). The normalized spacial score (nSPS) is 10.7.